The van der Waals surface area contributed by atoms with Gasteiger partial charge in [-0.2, -0.15) is 0 Å². The van der Waals surface area contributed by atoms with Gasteiger partial charge in [0.15, 0.2) is 8.32 Å². The molecule has 1 fully saturated rings. The molecule has 0 bridgehead atoms. The molecule has 1 heterocycles. The average molecular weight is 332 g/mol. The monoisotopic (exact) mass is 331 g/mol. The van der Waals surface area contributed by atoms with Crippen LogP contribution in [0.4, 0.5) is 4.79 Å². The normalized spacial score (nSPS) is 18.9. The number of hydrogen-bond donors (Lipinski definition) is 1. The minimum absolute atomic E-state index is 0.0287. The summed E-state index contributed by atoms with van der Waals surface area (Å²) in [5.74, 6) is 0. The van der Waals surface area contributed by atoms with Gasteiger partial charge in [-0.05, 0) is 38.9 Å². The lowest BCUT2D eigenvalue weighted by Crippen LogP contribution is -2.64. The average Bonchev–Trinajstić information content (AvgIpc) is 2.23. The van der Waals surface area contributed by atoms with Crippen molar-refractivity contribution in [2.75, 3.05) is 26.3 Å². The molecule has 1 aliphatic rings. The number of hydrogen-bond acceptors (Lipinski definition) is 4. The van der Waals surface area contributed by atoms with Crippen LogP contribution < -0.4 is 0 Å². The first-order valence-corrected chi connectivity index (χ1v) is 10.8. The van der Waals surface area contributed by atoms with Gasteiger partial charge in [0.05, 0.1) is 12.0 Å². The summed E-state index contributed by atoms with van der Waals surface area (Å²) < 4.78 is 11.6. The Kier molecular flexibility index (Phi) is 5.42. The van der Waals surface area contributed by atoms with Gasteiger partial charge >= 0.3 is 6.09 Å². The first-order valence-electron chi connectivity index (χ1n) is 7.94. The number of ether oxygens (including phenoxy) is 1. The SMILES string of the molecule is CC(C)(C)OC(=O)N1CC(CO)(CO[Si](C)(C)C(C)(C)C)C1. The molecule has 0 spiro atoms. The molecule has 1 amide bonds. The summed E-state index contributed by atoms with van der Waals surface area (Å²) in [6, 6.07) is 0. The van der Waals surface area contributed by atoms with Crippen molar-refractivity contribution in [3.63, 3.8) is 0 Å². The van der Waals surface area contributed by atoms with Gasteiger partial charge in [-0.25, -0.2) is 4.79 Å². The Hall–Kier alpha value is -0.593. The van der Waals surface area contributed by atoms with Gasteiger partial charge in [0.1, 0.15) is 5.60 Å². The van der Waals surface area contributed by atoms with Gasteiger partial charge in [-0.3, -0.25) is 0 Å². The predicted molar refractivity (Wildman–Crippen MR) is 90.5 cm³/mol. The number of aliphatic hydroxyl groups is 1. The fourth-order valence-corrected chi connectivity index (χ4v) is 3.11. The van der Waals surface area contributed by atoms with E-state index in [9.17, 15) is 9.90 Å². The van der Waals surface area contributed by atoms with Crippen molar-refractivity contribution in [2.24, 2.45) is 5.41 Å². The Morgan fingerprint density at radius 3 is 2.05 bits per heavy atom. The molecule has 0 aromatic rings. The minimum Gasteiger partial charge on any atom is -0.444 e. The van der Waals surface area contributed by atoms with Crippen LogP contribution in [-0.2, 0) is 9.16 Å². The smallest absolute Gasteiger partial charge is 0.410 e. The Bertz CT molecular complexity index is 403. The highest BCUT2D eigenvalue weighted by Crippen LogP contribution is 2.39. The topological polar surface area (TPSA) is 59.0 Å². The quantitative estimate of drug-likeness (QED) is 0.804. The molecule has 0 aromatic heterocycles. The summed E-state index contributed by atoms with van der Waals surface area (Å²) in [5.41, 5.74) is -0.835. The molecular weight excluding hydrogens is 298 g/mol. The molecule has 0 unspecified atom stereocenters. The summed E-state index contributed by atoms with van der Waals surface area (Å²) in [4.78, 5) is 13.6. The van der Waals surface area contributed by atoms with Crippen molar-refractivity contribution >= 4 is 14.4 Å². The first-order chi connectivity index (χ1) is 9.71. The summed E-state index contributed by atoms with van der Waals surface area (Å²) in [5, 5.41) is 9.86. The van der Waals surface area contributed by atoms with E-state index < -0.39 is 13.9 Å². The molecule has 0 atom stereocenters. The second-order valence-electron chi connectivity index (χ2n) is 9.04. The second-order valence-corrected chi connectivity index (χ2v) is 13.9. The van der Waals surface area contributed by atoms with Gasteiger partial charge in [0, 0.05) is 19.7 Å². The molecule has 0 aromatic carbocycles. The largest absolute Gasteiger partial charge is 0.444 e. The summed E-state index contributed by atoms with van der Waals surface area (Å²) >= 11 is 0. The Morgan fingerprint density at radius 1 is 1.18 bits per heavy atom. The number of likely N-dealkylation sites (tertiary alicyclic amines) is 1. The summed E-state index contributed by atoms with van der Waals surface area (Å²) in [6.45, 7) is 18.0. The van der Waals surface area contributed by atoms with E-state index in [-0.39, 0.29) is 23.2 Å². The molecule has 0 radical (unpaired) electrons. The Labute approximate surface area is 136 Å². The molecular formula is C16H33NO4Si. The van der Waals surface area contributed by atoms with Crippen molar-refractivity contribution in [3.05, 3.63) is 0 Å². The third kappa shape index (κ3) is 4.70. The molecule has 0 aliphatic carbocycles. The van der Waals surface area contributed by atoms with Crippen molar-refractivity contribution < 1.29 is 19.1 Å². The highest BCUT2D eigenvalue weighted by molar-refractivity contribution is 6.74. The van der Waals surface area contributed by atoms with Crippen LogP contribution >= 0.6 is 0 Å². The van der Waals surface area contributed by atoms with Gasteiger partial charge in [0.2, 0.25) is 0 Å². The van der Waals surface area contributed by atoms with E-state index in [1.54, 1.807) is 4.90 Å². The number of amides is 1. The zero-order valence-corrected chi connectivity index (χ0v) is 16.4. The fourth-order valence-electron chi connectivity index (χ4n) is 2.01. The van der Waals surface area contributed by atoms with Crippen LogP contribution in [0, 0.1) is 5.41 Å². The van der Waals surface area contributed by atoms with Crippen LogP contribution in [0.1, 0.15) is 41.5 Å². The lowest BCUT2D eigenvalue weighted by molar-refractivity contribution is -0.0763. The number of carbonyl (C=O) groups excluding carboxylic acids is 1. The van der Waals surface area contributed by atoms with Crippen LogP contribution in [0.3, 0.4) is 0 Å². The molecule has 22 heavy (non-hydrogen) atoms. The fraction of sp³-hybridized carbons (Fsp3) is 0.938. The van der Waals surface area contributed by atoms with Gasteiger partial charge in [-0.15, -0.1) is 0 Å². The van der Waals surface area contributed by atoms with Crippen LogP contribution in [0.15, 0.2) is 0 Å². The molecule has 1 N–H and O–H groups in total. The molecule has 1 rings (SSSR count). The molecule has 1 saturated heterocycles. The molecule has 130 valence electrons. The van der Waals surface area contributed by atoms with Crippen molar-refractivity contribution in [3.8, 4) is 0 Å². The number of carbonyl (C=O) groups is 1. The van der Waals surface area contributed by atoms with Crippen LogP contribution in [0.25, 0.3) is 0 Å². The third-order valence-corrected chi connectivity index (χ3v) is 9.06. The van der Waals surface area contributed by atoms with E-state index in [1.165, 1.54) is 0 Å². The molecule has 1 aliphatic heterocycles. The number of nitrogens with zero attached hydrogens (tertiary/aromatic N) is 1. The van der Waals surface area contributed by atoms with E-state index in [0.29, 0.717) is 19.7 Å². The zero-order valence-electron chi connectivity index (χ0n) is 15.4. The maximum atomic E-state index is 12.0. The van der Waals surface area contributed by atoms with Crippen molar-refractivity contribution in [2.45, 2.75) is 65.3 Å². The van der Waals surface area contributed by atoms with Crippen molar-refractivity contribution in [1.82, 2.24) is 4.90 Å². The second kappa shape index (κ2) is 6.13. The van der Waals surface area contributed by atoms with Gasteiger partial charge in [-0.1, -0.05) is 20.8 Å². The lowest BCUT2D eigenvalue weighted by atomic mass is 9.82. The standard InChI is InChI=1S/C16H33NO4Si/c1-14(2,3)21-13(19)17-9-16(10-17,11-18)12-20-22(7,8)15(4,5)6/h18H,9-12H2,1-8H3. The van der Waals surface area contributed by atoms with E-state index in [0.717, 1.165) is 0 Å². The highest BCUT2D eigenvalue weighted by atomic mass is 28.4. The highest BCUT2D eigenvalue weighted by Gasteiger charge is 2.48. The Morgan fingerprint density at radius 2 is 1.68 bits per heavy atom. The number of rotatable bonds is 4. The summed E-state index contributed by atoms with van der Waals surface area (Å²) in [6.07, 6.45) is -0.316. The van der Waals surface area contributed by atoms with Gasteiger partial charge in [0.25, 0.3) is 0 Å². The van der Waals surface area contributed by atoms with Crippen LogP contribution in [0.5, 0.6) is 0 Å². The van der Waals surface area contributed by atoms with Crippen LogP contribution in [0.2, 0.25) is 18.1 Å². The molecule has 0 saturated carbocycles. The maximum absolute atomic E-state index is 12.0. The third-order valence-electron chi connectivity index (χ3n) is 4.59. The molecule has 6 heteroatoms. The maximum Gasteiger partial charge on any atom is 0.410 e. The van der Waals surface area contributed by atoms with Gasteiger partial charge < -0.3 is 19.2 Å². The van der Waals surface area contributed by atoms with Crippen molar-refractivity contribution in [1.29, 1.82) is 0 Å². The first kappa shape index (κ1) is 19.5. The van der Waals surface area contributed by atoms with E-state index in [2.05, 4.69) is 33.9 Å². The van der Waals surface area contributed by atoms with E-state index >= 15 is 0 Å². The summed E-state index contributed by atoms with van der Waals surface area (Å²) in [7, 11) is -1.85. The van der Waals surface area contributed by atoms with E-state index in [4.69, 9.17) is 9.16 Å². The number of aliphatic hydroxyl groups excluding tert-OH is 1. The predicted octanol–water partition coefficient (Wildman–Crippen LogP) is 3.24. The minimum atomic E-state index is -1.85. The zero-order chi connectivity index (χ0) is 17.4. The lowest BCUT2D eigenvalue weighted by Gasteiger charge is -2.50. The molecule has 5 nitrogen and oxygen atoms in total. The van der Waals surface area contributed by atoms with Crippen LogP contribution in [-0.4, -0.2) is 56.3 Å². The van der Waals surface area contributed by atoms with E-state index in [1.807, 2.05) is 20.8 Å². The Balaban J connectivity index is 2.56.